The number of carbonyl (C=O) groups excluding carboxylic acids is 2. The minimum atomic E-state index is -0.174. The zero-order chi connectivity index (χ0) is 21.7. The monoisotopic (exact) mass is 423 g/mol. The van der Waals surface area contributed by atoms with Crippen molar-refractivity contribution in [2.75, 3.05) is 32.8 Å². The van der Waals surface area contributed by atoms with E-state index >= 15 is 0 Å². The van der Waals surface area contributed by atoms with Crippen LogP contribution in [0.2, 0.25) is 0 Å². The maximum atomic E-state index is 13.3. The summed E-state index contributed by atoms with van der Waals surface area (Å²) in [7, 11) is 0. The molecule has 166 valence electrons. The number of nitrogens with zero attached hydrogens (tertiary/aromatic N) is 3. The molecule has 1 aromatic carbocycles. The van der Waals surface area contributed by atoms with Gasteiger partial charge in [0.1, 0.15) is 0 Å². The number of hydrogen-bond acceptors (Lipinski definition) is 3. The molecule has 0 bridgehead atoms. The summed E-state index contributed by atoms with van der Waals surface area (Å²) in [5, 5.41) is 0. The maximum Gasteiger partial charge on any atom is 0.409 e. The lowest BCUT2D eigenvalue weighted by atomic mass is 9.77. The minimum Gasteiger partial charge on any atom is -0.449 e. The van der Waals surface area contributed by atoms with Crippen molar-refractivity contribution in [3.8, 4) is 5.69 Å². The Morgan fingerprint density at radius 2 is 1.61 bits per heavy atom. The molecule has 3 heterocycles. The predicted molar refractivity (Wildman–Crippen MR) is 120 cm³/mol. The van der Waals surface area contributed by atoms with E-state index in [1.165, 1.54) is 0 Å². The molecule has 0 saturated carbocycles. The number of ether oxygens (including phenoxy) is 1. The first-order valence-electron chi connectivity index (χ1n) is 11.6. The molecule has 1 spiro atoms. The number of benzene rings is 1. The summed E-state index contributed by atoms with van der Waals surface area (Å²) in [6, 6.07) is 11.7. The third kappa shape index (κ3) is 4.78. The van der Waals surface area contributed by atoms with Gasteiger partial charge in [0.05, 0.1) is 17.9 Å². The van der Waals surface area contributed by atoms with Gasteiger partial charge in [-0.3, -0.25) is 4.79 Å². The van der Waals surface area contributed by atoms with Gasteiger partial charge in [-0.05, 0) is 55.4 Å². The van der Waals surface area contributed by atoms with Gasteiger partial charge in [0.15, 0.2) is 0 Å². The van der Waals surface area contributed by atoms with Gasteiger partial charge in [0, 0.05) is 38.6 Å². The van der Waals surface area contributed by atoms with Crippen molar-refractivity contribution in [2.24, 2.45) is 5.41 Å². The van der Waals surface area contributed by atoms with E-state index in [4.69, 9.17) is 4.74 Å². The highest BCUT2D eigenvalue weighted by molar-refractivity contribution is 5.97. The molecule has 0 aliphatic carbocycles. The van der Waals surface area contributed by atoms with Crippen LogP contribution in [0.4, 0.5) is 4.79 Å². The van der Waals surface area contributed by atoms with E-state index in [-0.39, 0.29) is 17.4 Å². The Morgan fingerprint density at radius 3 is 2.32 bits per heavy atom. The van der Waals surface area contributed by atoms with Crippen LogP contribution in [0.5, 0.6) is 0 Å². The van der Waals surface area contributed by atoms with Crippen LogP contribution in [0.1, 0.15) is 55.8 Å². The van der Waals surface area contributed by atoms with Crippen molar-refractivity contribution in [3.63, 3.8) is 0 Å². The van der Waals surface area contributed by atoms with Crippen LogP contribution in [-0.2, 0) is 4.74 Å². The minimum absolute atomic E-state index is 0.0873. The first kappa shape index (κ1) is 21.5. The molecule has 6 nitrogen and oxygen atoms in total. The molecular weight excluding hydrogens is 390 g/mol. The van der Waals surface area contributed by atoms with Crippen molar-refractivity contribution in [3.05, 3.63) is 54.4 Å². The molecular formula is C25H33N3O3. The fourth-order valence-corrected chi connectivity index (χ4v) is 4.83. The number of carbonyl (C=O) groups is 2. The number of aromatic nitrogens is 1. The van der Waals surface area contributed by atoms with E-state index in [9.17, 15) is 9.59 Å². The molecule has 2 aliphatic rings. The van der Waals surface area contributed by atoms with Crippen molar-refractivity contribution in [1.82, 2.24) is 14.4 Å². The van der Waals surface area contributed by atoms with Crippen LogP contribution in [0.3, 0.4) is 0 Å². The molecule has 2 aliphatic heterocycles. The van der Waals surface area contributed by atoms with Gasteiger partial charge in [-0.2, -0.15) is 0 Å². The molecule has 2 amide bonds. The van der Waals surface area contributed by atoms with Gasteiger partial charge in [-0.1, -0.05) is 31.9 Å². The molecule has 2 fully saturated rings. The summed E-state index contributed by atoms with van der Waals surface area (Å²) >= 11 is 0. The Morgan fingerprint density at radius 1 is 0.935 bits per heavy atom. The number of amides is 2. The molecule has 31 heavy (non-hydrogen) atoms. The highest BCUT2D eigenvalue weighted by atomic mass is 16.6. The van der Waals surface area contributed by atoms with Crippen LogP contribution in [0.15, 0.2) is 48.8 Å². The number of para-hydroxylation sites is 1. The van der Waals surface area contributed by atoms with Crippen LogP contribution < -0.4 is 0 Å². The highest BCUT2D eigenvalue weighted by Crippen LogP contribution is 2.41. The fraction of sp³-hybridized carbons (Fsp3) is 0.520. The van der Waals surface area contributed by atoms with E-state index in [0.29, 0.717) is 6.61 Å². The van der Waals surface area contributed by atoms with Crippen molar-refractivity contribution in [2.45, 2.75) is 45.4 Å². The molecule has 0 unspecified atom stereocenters. The Balaban J connectivity index is 1.33. The molecule has 2 aromatic rings. The summed E-state index contributed by atoms with van der Waals surface area (Å²) in [4.78, 5) is 29.5. The summed E-state index contributed by atoms with van der Waals surface area (Å²) in [6.07, 6.45) is 9.77. The van der Waals surface area contributed by atoms with Crippen LogP contribution in [0, 0.1) is 5.41 Å². The Bertz CT molecular complexity index is 885. The summed E-state index contributed by atoms with van der Waals surface area (Å²) < 4.78 is 7.43. The lowest BCUT2D eigenvalue weighted by Gasteiger charge is -2.39. The van der Waals surface area contributed by atoms with E-state index in [1.807, 2.05) is 63.2 Å². The molecule has 0 atom stereocenters. The van der Waals surface area contributed by atoms with E-state index in [0.717, 1.165) is 76.0 Å². The maximum absolute atomic E-state index is 13.3. The lowest BCUT2D eigenvalue weighted by Crippen LogP contribution is -2.45. The second kappa shape index (κ2) is 9.58. The number of likely N-dealkylation sites (tertiary alicyclic amines) is 2. The fourth-order valence-electron chi connectivity index (χ4n) is 4.83. The first-order valence-corrected chi connectivity index (χ1v) is 11.6. The molecule has 0 N–H and O–H groups in total. The largest absolute Gasteiger partial charge is 0.449 e. The number of hydrogen-bond donors (Lipinski definition) is 0. The predicted octanol–water partition coefficient (Wildman–Crippen LogP) is 4.73. The van der Waals surface area contributed by atoms with Crippen LogP contribution >= 0.6 is 0 Å². The second-order valence-electron chi connectivity index (χ2n) is 8.89. The summed E-state index contributed by atoms with van der Waals surface area (Å²) in [5.41, 5.74) is 1.77. The molecule has 4 rings (SSSR count). The number of rotatable bonds is 6. The highest BCUT2D eigenvalue weighted by Gasteiger charge is 2.43. The van der Waals surface area contributed by atoms with E-state index < -0.39 is 0 Å². The van der Waals surface area contributed by atoms with Gasteiger partial charge < -0.3 is 19.1 Å². The Kier molecular flexibility index (Phi) is 6.64. The van der Waals surface area contributed by atoms with Gasteiger partial charge in [0.2, 0.25) is 0 Å². The average molecular weight is 424 g/mol. The summed E-state index contributed by atoms with van der Waals surface area (Å²) in [5.74, 6) is 0.0873. The van der Waals surface area contributed by atoms with Crippen LogP contribution in [0.25, 0.3) is 5.69 Å². The normalized spacial score (nSPS) is 17.8. The SMILES string of the molecule is CCCCCOC(=O)N1CCC2(CCN(C(=O)c3ccccc3-n3cccc3)CC2)C1. The van der Waals surface area contributed by atoms with Crippen molar-refractivity contribution in [1.29, 1.82) is 0 Å². The van der Waals surface area contributed by atoms with Gasteiger partial charge in [-0.15, -0.1) is 0 Å². The number of piperidine rings is 1. The first-order chi connectivity index (χ1) is 15.1. The summed E-state index contributed by atoms with van der Waals surface area (Å²) in [6.45, 7) is 5.64. The molecule has 1 aromatic heterocycles. The molecule has 0 radical (unpaired) electrons. The smallest absolute Gasteiger partial charge is 0.409 e. The topological polar surface area (TPSA) is 54.8 Å². The molecule has 2 saturated heterocycles. The zero-order valence-electron chi connectivity index (χ0n) is 18.5. The zero-order valence-corrected chi connectivity index (χ0v) is 18.5. The standard InChI is InChI=1S/C25H33N3O3/c1-2-3-8-19-31-24(30)28-18-13-25(20-28)11-16-27(17-12-25)23(29)21-9-4-5-10-22(21)26-14-6-7-15-26/h4-7,9-10,14-15H,2-3,8,11-13,16-20H2,1H3. The van der Waals surface area contributed by atoms with Crippen LogP contribution in [-0.4, -0.2) is 59.2 Å². The van der Waals surface area contributed by atoms with Gasteiger partial charge >= 0.3 is 6.09 Å². The third-order valence-electron chi connectivity index (χ3n) is 6.80. The second-order valence-corrected chi connectivity index (χ2v) is 8.89. The molecule has 6 heteroatoms. The van der Waals surface area contributed by atoms with E-state index in [1.54, 1.807) is 0 Å². The van der Waals surface area contributed by atoms with Gasteiger partial charge in [-0.25, -0.2) is 4.79 Å². The number of unbranched alkanes of at least 4 members (excludes halogenated alkanes) is 2. The van der Waals surface area contributed by atoms with E-state index in [2.05, 4.69) is 6.92 Å². The quantitative estimate of drug-likeness (QED) is 0.631. The third-order valence-corrected chi connectivity index (χ3v) is 6.80. The Labute approximate surface area is 184 Å². The average Bonchev–Trinajstić information content (AvgIpc) is 3.48. The Hall–Kier alpha value is -2.76. The lowest BCUT2D eigenvalue weighted by molar-refractivity contribution is 0.0573. The van der Waals surface area contributed by atoms with Crippen molar-refractivity contribution < 1.29 is 14.3 Å². The van der Waals surface area contributed by atoms with Crippen molar-refractivity contribution >= 4 is 12.0 Å². The van der Waals surface area contributed by atoms with Gasteiger partial charge in [0.25, 0.3) is 5.91 Å².